The summed E-state index contributed by atoms with van der Waals surface area (Å²) in [6, 6.07) is 20.7. The van der Waals surface area contributed by atoms with Gasteiger partial charge in [0.2, 0.25) is 0 Å². The first-order valence-corrected chi connectivity index (χ1v) is 6.48. The van der Waals surface area contributed by atoms with Gasteiger partial charge in [0.1, 0.15) is 0 Å². The second-order valence-electron chi connectivity index (χ2n) is 4.78. The minimum atomic E-state index is -1.33. The molecule has 1 N–H and O–H groups in total. The predicted octanol–water partition coefficient (Wildman–Crippen LogP) is 3.27. The molecule has 0 bridgehead atoms. The standard InChI is InChI=1S/C17H15NO2/c1-13-12-16(20-18-13)17(19,14-8-4-2-5-9-14)15-10-6-3-7-11-15/h2-12,19H,1H3. The average Bonchev–Trinajstić information content (AvgIpc) is 2.95. The van der Waals surface area contributed by atoms with Gasteiger partial charge in [0.15, 0.2) is 11.4 Å². The van der Waals surface area contributed by atoms with Gasteiger partial charge in [0, 0.05) is 6.07 Å². The molecule has 0 aliphatic rings. The maximum atomic E-state index is 11.3. The van der Waals surface area contributed by atoms with Crippen molar-refractivity contribution in [1.29, 1.82) is 0 Å². The number of hydrogen-bond donors (Lipinski definition) is 1. The van der Waals surface area contributed by atoms with Crippen molar-refractivity contribution in [2.24, 2.45) is 0 Å². The summed E-state index contributed by atoms with van der Waals surface area (Å²) in [5.74, 6) is 0.424. The molecular formula is C17H15NO2. The van der Waals surface area contributed by atoms with Crippen LogP contribution < -0.4 is 0 Å². The molecule has 20 heavy (non-hydrogen) atoms. The molecule has 1 heterocycles. The molecule has 0 spiro atoms. The van der Waals surface area contributed by atoms with E-state index in [2.05, 4.69) is 5.16 Å². The predicted molar refractivity (Wildman–Crippen MR) is 76.2 cm³/mol. The van der Waals surface area contributed by atoms with Crippen molar-refractivity contribution in [2.45, 2.75) is 12.5 Å². The topological polar surface area (TPSA) is 46.3 Å². The highest BCUT2D eigenvalue weighted by Crippen LogP contribution is 2.36. The molecule has 0 unspecified atom stereocenters. The highest BCUT2D eigenvalue weighted by molar-refractivity contribution is 5.43. The second-order valence-corrected chi connectivity index (χ2v) is 4.78. The third-order valence-electron chi connectivity index (χ3n) is 3.37. The molecule has 1 aromatic heterocycles. The maximum Gasteiger partial charge on any atom is 0.177 e. The van der Waals surface area contributed by atoms with E-state index < -0.39 is 5.60 Å². The van der Waals surface area contributed by atoms with Crippen molar-refractivity contribution in [3.8, 4) is 0 Å². The summed E-state index contributed by atoms with van der Waals surface area (Å²) in [5.41, 5.74) is 0.916. The quantitative estimate of drug-likeness (QED) is 0.790. The Hall–Kier alpha value is -2.39. The van der Waals surface area contributed by atoms with Crippen LogP contribution in [0.2, 0.25) is 0 Å². The molecule has 0 atom stereocenters. The normalized spacial score (nSPS) is 11.5. The van der Waals surface area contributed by atoms with Crippen LogP contribution in [0.5, 0.6) is 0 Å². The number of hydrogen-bond acceptors (Lipinski definition) is 3. The fourth-order valence-corrected chi connectivity index (χ4v) is 2.34. The van der Waals surface area contributed by atoms with Crippen molar-refractivity contribution in [3.63, 3.8) is 0 Å². The molecule has 0 radical (unpaired) electrons. The first kappa shape index (κ1) is 12.6. The van der Waals surface area contributed by atoms with Crippen LogP contribution in [-0.2, 0) is 5.60 Å². The van der Waals surface area contributed by atoms with Crippen LogP contribution >= 0.6 is 0 Å². The highest BCUT2D eigenvalue weighted by atomic mass is 16.5. The van der Waals surface area contributed by atoms with Crippen molar-refractivity contribution in [2.75, 3.05) is 0 Å². The summed E-state index contributed by atoms with van der Waals surface area (Å²) in [4.78, 5) is 0. The monoisotopic (exact) mass is 265 g/mol. The van der Waals surface area contributed by atoms with Crippen LogP contribution in [0.15, 0.2) is 71.3 Å². The molecule has 3 heteroatoms. The second kappa shape index (κ2) is 4.94. The van der Waals surface area contributed by atoms with Gasteiger partial charge in [-0.3, -0.25) is 0 Å². The number of benzene rings is 2. The Balaban J connectivity index is 2.23. The Labute approximate surface area is 117 Å². The Morgan fingerprint density at radius 3 is 1.80 bits per heavy atom. The van der Waals surface area contributed by atoms with Gasteiger partial charge < -0.3 is 9.63 Å². The van der Waals surface area contributed by atoms with E-state index in [-0.39, 0.29) is 0 Å². The Morgan fingerprint density at radius 2 is 1.40 bits per heavy atom. The van der Waals surface area contributed by atoms with E-state index in [1.165, 1.54) is 0 Å². The van der Waals surface area contributed by atoms with Gasteiger partial charge in [-0.15, -0.1) is 0 Å². The minimum absolute atomic E-state index is 0.424. The van der Waals surface area contributed by atoms with Crippen LogP contribution in [0, 0.1) is 6.92 Å². The lowest BCUT2D eigenvalue weighted by molar-refractivity contribution is 0.0907. The van der Waals surface area contributed by atoms with Crippen LogP contribution in [0.1, 0.15) is 22.6 Å². The summed E-state index contributed by atoms with van der Waals surface area (Å²) in [6.45, 7) is 1.84. The van der Waals surface area contributed by atoms with E-state index in [9.17, 15) is 5.11 Å². The molecule has 100 valence electrons. The van der Waals surface area contributed by atoms with Gasteiger partial charge in [-0.1, -0.05) is 65.8 Å². The SMILES string of the molecule is Cc1cc(C(O)(c2ccccc2)c2ccccc2)on1. The van der Waals surface area contributed by atoms with Crippen LogP contribution in [0.3, 0.4) is 0 Å². The molecule has 0 aliphatic carbocycles. The van der Waals surface area contributed by atoms with Crippen LogP contribution in [-0.4, -0.2) is 10.3 Å². The van der Waals surface area contributed by atoms with E-state index >= 15 is 0 Å². The molecule has 0 saturated heterocycles. The number of aliphatic hydroxyl groups is 1. The fraction of sp³-hybridized carbons (Fsp3) is 0.118. The van der Waals surface area contributed by atoms with Gasteiger partial charge in [0.25, 0.3) is 0 Å². The lowest BCUT2D eigenvalue weighted by Gasteiger charge is -2.26. The molecule has 0 aliphatic heterocycles. The summed E-state index contributed by atoms with van der Waals surface area (Å²) >= 11 is 0. The average molecular weight is 265 g/mol. The van der Waals surface area contributed by atoms with Crippen molar-refractivity contribution < 1.29 is 9.63 Å². The summed E-state index contributed by atoms with van der Waals surface area (Å²) < 4.78 is 5.34. The lowest BCUT2D eigenvalue weighted by Crippen LogP contribution is -2.28. The summed E-state index contributed by atoms with van der Waals surface area (Å²) in [6.07, 6.45) is 0. The maximum absolute atomic E-state index is 11.3. The largest absolute Gasteiger partial charge is 0.373 e. The molecule has 0 fully saturated rings. The Bertz CT molecular complexity index is 650. The molecule has 0 saturated carbocycles. The summed E-state index contributed by atoms with van der Waals surface area (Å²) in [5, 5.41) is 15.2. The van der Waals surface area contributed by atoms with Crippen molar-refractivity contribution >= 4 is 0 Å². The van der Waals surface area contributed by atoms with E-state index in [0.717, 1.165) is 16.8 Å². The van der Waals surface area contributed by atoms with Gasteiger partial charge in [-0.05, 0) is 18.1 Å². The minimum Gasteiger partial charge on any atom is -0.373 e. The van der Waals surface area contributed by atoms with Gasteiger partial charge in [-0.25, -0.2) is 0 Å². The number of aryl methyl sites for hydroxylation is 1. The van der Waals surface area contributed by atoms with Crippen LogP contribution in [0.4, 0.5) is 0 Å². The number of aromatic nitrogens is 1. The third kappa shape index (κ3) is 2.02. The molecule has 0 amide bonds. The van der Waals surface area contributed by atoms with E-state index in [1.54, 1.807) is 6.07 Å². The van der Waals surface area contributed by atoms with E-state index in [4.69, 9.17) is 4.52 Å². The zero-order chi connectivity index (χ0) is 14.0. The first-order valence-electron chi connectivity index (χ1n) is 6.48. The molecule has 2 aromatic carbocycles. The van der Waals surface area contributed by atoms with Crippen molar-refractivity contribution in [3.05, 3.63) is 89.3 Å². The van der Waals surface area contributed by atoms with Crippen LogP contribution in [0.25, 0.3) is 0 Å². The van der Waals surface area contributed by atoms with E-state index in [1.807, 2.05) is 67.6 Å². The molecule has 3 aromatic rings. The summed E-state index contributed by atoms with van der Waals surface area (Å²) in [7, 11) is 0. The first-order chi connectivity index (χ1) is 9.71. The number of rotatable bonds is 3. The molecule has 3 nitrogen and oxygen atoms in total. The highest BCUT2D eigenvalue weighted by Gasteiger charge is 2.37. The smallest absolute Gasteiger partial charge is 0.177 e. The Morgan fingerprint density at radius 1 is 0.900 bits per heavy atom. The lowest BCUT2D eigenvalue weighted by atomic mass is 9.84. The van der Waals surface area contributed by atoms with Gasteiger partial charge in [-0.2, -0.15) is 0 Å². The fourth-order valence-electron chi connectivity index (χ4n) is 2.34. The third-order valence-corrected chi connectivity index (χ3v) is 3.37. The molecule has 3 rings (SSSR count). The van der Waals surface area contributed by atoms with Crippen molar-refractivity contribution in [1.82, 2.24) is 5.16 Å². The Kier molecular flexibility index (Phi) is 3.12. The zero-order valence-electron chi connectivity index (χ0n) is 11.2. The van der Waals surface area contributed by atoms with Gasteiger partial charge in [0.05, 0.1) is 5.69 Å². The zero-order valence-corrected chi connectivity index (χ0v) is 11.2. The molecular weight excluding hydrogens is 250 g/mol. The number of nitrogens with zero attached hydrogens (tertiary/aromatic N) is 1. The van der Waals surface area contributed by atoms with E-state index in [0.29, 0.717) is 5.76 Å². The van der Waals surface area contributed by atoms with Gasteiger partial charge >= 0.3 is 0 Å².